The number of anilines is 2. The smallest absolute Gasteiger partial charge is 0.265 e. The highest BCUT2D eigenvalue weighted by Gasteiger charge is 2.16. The molecular weight excluding hydrogens is 338 g/mol. The molecule has 19 heavy (non-hydrogen) atoms. The molecule has 0 aliphatic carbocycles. The summed E-state index contributed by atoms with van der Waals surface area (Å²) in [5.74, 6) is -2.06. The number of hydrogen-bond acceptors (Lipinski definition) is 3. The fraction of sp³-hybridized carbons (Fsp3) is 0.0833. The van der Waals surface area contributed by atoms with Gasteiger partial charge in [0.25, 0.3) is 5.91 Å². The molecule has 0 bridgehead atoms. The molecule has 3 nitrogen and oxygen atoms in total. The van der Waals surface area contributed by atoms with Gasteiger partial charge in [0.2, 0.25) is 0 Å². The van der Waals surface area contributed by atoms with Crippen LogP contribution in [0.25, 0.3) is 0 Å². The molecule has 100 valence electrons. The molecule has 2 rings (SSSR count). The van der Waals surface area contributed by atoms with Crippen molar-refractivity contribution in [1.82, 2.24) is 0 Å². The zero-order valence-electron chi connectivity index (χ0n) is 9.76. The summed E-state index contributed by atoms with van der Waals surface area (Å²) in [5.41, 5.74) is 6.06. The van der Waals surface area contributed by atoms with E-state index < -0.39 is 17.5 Å². The minimum atomic E-state index is -0.846. The third-order valence-electron chi connectivity index (χ3n) is 2.43. The molecule has 1 heterocycles. The average Bonchev–Trinajstić information content (AvgIpc) is 2.64. The lowest BCUT2D eigenvalue weighted by Crippen LogP contribution is -2.12. The summed E-state index contributed by atoms with van der Waals surface area (Å²) in [6.07, 6.45) is 0. The maximum atomic E-state index is 13.6. The maximum Gasteiger partial charge on any atom is 0.265 e. The molecular formula is C12H9BrF2N2OS. The molecule has 1 aromatic heterocycles. The van der Waals surface area contributed by atoms with Gasteiger partial charge < -0.3 is 11.1 Å². The number of hydrogen-bond donors (Lipinski definition) is 2. The van der Waals surface area contributed by atoms with Crippen molar-refractivity contribution in [2.24, 2.45) is 0 Å². The Morgan fingerprint density at radius 1 is 1.37 bits per heavy atom. The molecule has 0 unspecified atom stereocenters. The molecule has 7 heteroatoms. The second kappa shape index (κ2) is 5.26. The summed E-state index contributed by atoms with van der Waals surface area (Å²) in [6.45, 7) is 1.78. The summed E-state index contributed by atoms with van der Waals surface area (Å²) in [5, 5.41) is 2.39. The van der Waals surface area contributed by atoms with E-state index in [-0.39, 0.29) is 10.2 Å². The Balaban J connectivity index is 2.29. The predicted octanol–water partition coefficient (Wildman–Crippen LogP) is 3.93. The summed E-state index contributed by atoms with van der Waals surface area (Å²) >= 11 is 4.21. The minimum Gasteiger partial charge on any atom is -0.398 e. The average molecular weight is 347 g/mol. The van der Waals surface area contributed by atoms with E-state index >= 15 is 0 Å². The van der Waals surface area contributed by atoms with Crippen molar-refractivity contribution in [3.8, 4) is 0 Å². The van der Waals surface area contributed by atoms with Crippen LogP contribution in [0, 0.1) is 18.6 Å². The first-order chi connectivity index (χ1) is 8.88. The van der Waals surface area contributed by atoms with E-state index in [2.05, 4.69) is 21.2 Å². The fourth-order valence-corrected chi connectivity index (χ4v) is 2.79. The first kappa shape index (κ1) is 14.0. The van der Waals surface area contributed by atoms with E-state index in [1.165, 1.54) is 17.4 Å². The standard InChI is InChI=1S/C12H9BrF2N2OS/c1-5-9(16)4-10(19-5)12(18)17-11-7(13)2-6(14)3-8(11)15/h2-4H,16H2,1H3,(H,17,18). The van der Waals surface area contributed by atoms with E-state index in [9.17, 15) is 13.6 Å². The van der Waals surface area contributed by atoms with E-state index in [1.54, 1.807) is 6.92 Å². The van der Waals surface area contributed by atoms with Gasteiger partial charge in [0.1, 0.15) is 5.82 Å². The highest BCUT2D eigenvalue weighted by atomic mass is 79.9. The number of nitrogens with two attached hydrogens (primary N) is 1. The van der Waals surface area contributed by atoms with Crippen molar-refractivity contribution >= 4 is 44.5 Å². The van der Waals surface area contributed by atoms with Crippen molar-refractivity contribution < 1.29 is 13.6 Å². The van der Waals surface area contributed by atoms with Crippen LogP contribution in [0.2, 0.25) is 0 Å². The van der Waals surface area contributed by atoms with Crippen LogP contribution < -0.4 is 11.1 Å². The topological polar surface area (TPSA) is 55.1 Å². The first-order valence-electron chi connectivity index (χ1n) is 5.20. The Kier molecular flexibility index (Phi) is 3.86. The Morgan fingerprint density at radius 3 is 2.58 bits per heavy atom. The molecule has 1 aromatic carbocycles. The highest BCUT2D eigenvalue weighted by molar-refractivity contribution is 9.10. The van der Waals surface area contributed by atoms with Crippen LogP contribution in [0.4, 0.5) is 20.2 Å². The van der Waals surface area contributed by atoms with E-state index in [4.69, 9.17) is 5.73 Å². The van der Waals surface area contributed by atoms with Gasteiger partial charge in [-0.2, -0.15) is 0 Å². The van der Waals surface area contributed by atoms with Crippen molar-refractivity contribution in [3.05, 3.63) is 44.1 Å². The monoisotopic (exact) mass is 346 g/mol. The number of benzene rings is 1. The first-order valence-corrected chi connectivity index (χ1v) is 6.81. The van der Waals surface area contributed by atoms with Gasteiger partial charge in [-0.15, -0.1) is 11.3 Å². The summed E-state index contributed by atoms with van der Waals surface area (Å²) in [4.78, 5) is 13.1. The molecule has 0 atom stereocenters. The molecule has 0 saturated carbocycles. The number of nitrogen functional groups attached to an aromatic ring is 1. The summed E-state index contributed by atoms with van der Waals surface area (Å²) in [7, 11) is 0. The second-order valence-electron chi connectivity index (χ2n) is 3.82. The largest absolute Gasteiger partial charge is 0.398 e. The van der Waals surface area contributed by atoms with Crippen LogP contribution in [-0.4, -0.2) is 5.91 Å². The fourth-order valence-electron chi connectivity index (χ4n) is 1.44. The van der Waals surface area contributed by atoms with Crippen LogP contribution >= 0.6 is 27.3 Å². The van der Waals surface area contributed by atoms with Crippen LogP contribution in [0.1, 0.15) is 14.5 Å². The van der Waals surface area contributed by atoms with Gasteiger partial charge in [-0.25, -0.2) is 8.78 Å². The number of nitrogens with one attached hydrogen (secondary N) is 1. The van der Waals surface area contributed by atoms with Gasteiger partial charge in [0.05, 0.1) is 10.6 Å². The summed E-state index contributed by atoms with van der Waals surface area (Å²) in [6, 6.07) is 3.30. The number of carbonyl (C=O) groups is 1. The van der Waals surface area contributed by atoms with Crippen molar-refractivity contribution in [2.45, 2.75) is 6.92 Å². The molecule has 0 aliphatic rings. The van der Waals surface area contributed by atoms with Crippen molar-refractivity contribution in [1.29, 1.82) is 0 Å². The zero-order chi connectivity index (χ0) is 14.2. The maximum absolute atomic E-state index is 13.6. The van der Waals surface area contributed by atoms with Gasteiger partial charge in [0, 0.05) is 21.1 Å². The van der Waals surface area contributed by atoms with Gasteiger partial charge >= 0.3 is 0 Å². The quantitative estimate of drug-likeness (QED) is 0.865. The number of amides is 1. The van der Waals surface area contributed by atoms with Gasteiger partial charge in [-0.05, 0) is 35.0 Å². The number of rotatable bonds is 2. The molecule has 0 spiro atoms. The lowest BCUT2D eigenvalue weighted by molar-refractivity contribution is 0.103. The van der Waals surface area contributed by atoms with Crippen molar-refractivity contribution in [2.75, 3.05) is 11.1 Å². The third-order valence-corrected chi connectivity index (χ3v) is 4.12. The molecule has 0 aliphatic heterocycles. The number of thiophene rings is 1. The number of halogens is 3. The number of carbonyl (C=O) groups excluding carboxylic acids is 1. The van der Waals surface area contributed by atoms with Crippen LogP contribution in [0.5, 0.6) is 0 Å². The van der Waals surface area contributed by atoms with Crippen LogP contribution in [0.15, 0.2) is 22.7 Å². The predicted molar refractivity (Wildman–Crippen MR) is 75.5 cm³/mol. The zero-order valence-corrected chi connectivity index (χ0v) is 12.2. The van der Waals surface area contributed by atoms with E-state index in [0.29, 0.717) is 16.6 Å². The third kappa shape index (κ3) is 2.93. The van der Waals surface area contributed by atoms with Gasteiger partial charge in [-0.1, -0.05) is 0 Å². The Morgan fingerprint density at radius 2 is 2.05 bits per heavy atom. The van der Waals surface area contributed by atoms with Crippen LogP contribution in [-0.2, 0) is 0 Å². The molecule has 0 saturated heterocycles. The van der Waals surface area contributed by atoms with Gasteiger partial charge in [0.15, 0.2) is 5.82 Å². The molecule has 1 amide bonds. The van der Waals surface area contributed by atoms with E-state index in [1.807, 2.05) is 0 Å². The molecule has 2 aromatic rings. The van der Waals surface area contributed by atoms with Crippen molar-refractivity contribution in [3.63, 3.8) is 0 Å². The SMILES string of the molecule is Cc1sc(C(=O)Nc2c(F)cc(F)cc2Br)cc1N. The number of aryl methyl sites for hydroxylation is 1. The second-order valence-corrected chi connectivity index (χ2v) is 5.93. The molecule has 3 N–H and O–H groups in total. The molecule has 0 radical (unpaired) electrons. The summed E-state index contributed by atoms with van der Waals surface area (Å²) < 4.78 is 26.6. The lowest BCUT2D eigenvalue weighted by Gasteiger charge is -2.07. The Labute approximate surface area is 120 Å². The highest BCUT2D eigenvalue weighted by Crippen LogP contribution is 2.29. The van der Waals surface area contributed by atoms with Crippen LogP contribution in [0.3, 0.4) is 0 Å². The molecule has 0 fully saturated rings. The van der Waals surface area contributed by atoms with Gasteiger partial charge in [-0.3, -0.25) is 4.79 Å². The normalized spacial score (nSPS) is 10.5. The minimum absolute atomic E-state index is 0.101. The Hall–Kier alpha value is -1.47. The lowest BCUT2D eigenvalue weighted by atomic mass is 10.3. The van der Waals surface area contributed by atoms with E-state index in [0.717, 1.165) is 10.9 Å². The Bertz CT molecular complexity index is 615.